The maximum Gasteiger partial charge on any atom is 0.0851 e. The van der Waals surface area contributed by atoms with Crippen LogP contribution in [0.4, 0.5) is 0 Å². The molecule has 1 aliphatic rings. The monoisotopic (exact) mass is 218 g/mol. The van der Waals surface area contributed by atoms with Crippen LogP contribution >= 0.6 is 0 Å². The van der Waals surface area contributed by atoms with Crippen LogP contribution in [0.2, 0.25) is 0 Å². The summed E-state index contributed by atoms with van der Waals surface area (Å²) in [6, 6.07) is 7.57. The first-order chi connectivity index (χ1) is 7.58. The van der Waals surface area contributed by atoms with Gasteiger partial charge in [-0.25, -0.2) is 0 Å². The fourth-order valence-corrected chi connectivity index (χ4v) is 2.63. The van der Waals surface area contributed by atoms with Crippen LogP contribution < -0.4 is 0 Å². The zero-order valence-corrected chi connectivity index (χ0v) is 9.56. The van der Waals surface area contributed by atoms with Crippen LogP contribution in [0.1, 0.15) is 43.1 Å². The van der Waals surface area contributed by atoms with Crippen molar-refractivity contribution in [3.05, 3.63) is 48.0 Å². The molecule has 0 saturated carbocycles. The van der Waals surface area contributed by atoms with E-state index in [4.69, 9.17) is 0 Å². The summed E-state index contributed by atoms with van der Waals surface area (Å²) in [6.07, 6.45) is 2.09. The number of fused-ring (bicyclic) bond motifs is 1. The molecule has 1 aliphatic carbocycles. The summed E-state index contributed by atoms with van der Waals surface area (Å²) in [5.74, 6) is 0. The summed E-state index contributed by atoms with van der Waals surface area (Å²) < 4.78 is 0. The lowest BCUT2D eigenvalue weighted by Crippen LogP contribution is -2.32. The van der Waals surface area contributed by atoms with Crippen molar-refractivity contribution in [1.82, 2.24) is 0 Å². The fraction of sp³-hybridized carbons (Fsp3) is 0.429. The second kappa shape index (κ2) is 4.04. The SMILES string of the molecule is C=CCC1(C)CC(O)c2ccccc2C1O. The van der Waals surface area contributed by atoms with Gasteiger partial charge in [-0.2, -0.15) is 0 Å². The number of rotatable bonds is 2. The van der Waals surface area contributed by atoms with Crippen molar-refractivity contribution in [3.8, 4) is 0 Å². The first-order valence-corrected chi connectivity index (χ1v) is 5.64. The molecule has 0 bridgehead atoms. The molecule has 3 unspecified atom stereocenters. The van der Waals surface area contributed by atoms with Crippen LogP contribution in [0.25, 0.3) is 0 Å². The van der Waals surface area contributed by atoms with Crippen LogP contribution in [-0.4, -0.2) is 10.2 Å². The molecule has 0 aliphatic heterocycles. The Hall–Kier alpha value is -1.12. The Labute approximate surface area is 96.2 Å². The van der Waals surface area contributed by atoms with Gasteiger partial charge < -0.3 is 10.2 Å². The lowest BCUT2D eigenvalue weighted by atomic mass is 9.68. The minimum Gasteiger partial charge on any atom is -0.388 e. The van der Waals surface area contributed by atoms with Crippen molar-refractivity contribution in [3.63, 3.8) is 0 Å². The van der Waals surface area contributed by atoms with Crippen molar-refractivity contribution < 1.29 is 10.2 Å². The van der Waals surface area contributed by atoms with Gasteiger partial charge in [0.2, 0.25) is 0 Å². The van der Waals surface area contributed by atoms with Gasteiger partial charge in [-0.3, -0.25) is 0 Å². The van der Waals surface area contributed by atoms with Gasteiger partial charge >= 0.3 is 0 Å². The third-order valence-electron chi connectivity index (χ3n) is 3.58. The lowest BCUT2D eigenvalue weighted by Gasteiger charge is -2.41. The van der Waals surface area contributed by atoms with E-state index < -0.39 is 12.2 Å². The van der Waals surface area contributed by atoms with E-state index in [0.29, 0.717) is 12.8 Å². The molecule has 2 nitrogen and oxygen atoms in total. The van der Waals surface area contributed by atoms with Gasteiger partial charge in [-0.1, -0.05) is 37.3 Å². The summed E-state index contributed by atoms with van der Waals surface area (Å²) in [6.45, 7) is 5.72. The zero-order chi connectivity index (χ0) is 11.8. The summed E-state index contributed by atoms with van der Waals surface area (Å²) in [5.41, 5.74) is 1.40. The van der Waals surface area contributed by atoms with Crippen LogP contribution in [0, 0.1) is 5.41 Å². The van der Waals surface area contributed by atoms with E-state index in [9.17, 15) is 10.2 Å². The second-order valence-corrected chi connectivity index (χ2v) is 4.90. The largest absolute Gasteiger partial charge is 0.388 e. The molecule has 1 aromatic rings. The highest BCUT2D eigenvalue weighted by molar-refractivity contribution is 5.35. The van der Waals surface area contributed by atoms with Crippen molar-refractivity contribution in [2.75, 3.05) is 0 Å². The molecule has 16 heavy (non-hydrogen) atoms. The van der Waals surface area contributed by atoms with E-state index in [0.717, 1.165) is 11.1 Å². The minimum absolute atomic E-state index is 0.310. The van der Waals surface area contributed by atoms with Gasteiger partial charge in [-0.05, 0) is 24.0 Å². The average Bonchev–Trinajstić information content (AvgIpc) is 2.27. The number of aliphatic hydroxyl groups is 2. The molecule has 0 spiro atoms. The molecule has 0 amide bonds. The molecule has 0 radical (unpaired) electrons. The molecule has 1 aromatic carbocycles. The Morgan fingerprint density at radius 1 is 1.38 bits per heavy atom. The lowest BCUT2D eigenvalue weighted by molar-refractivity contribution is -0.0223. The molecule has 2 rings (SSSR count). The van der Waals surface area contributed by atoms with Gasteiger partial charge in [0.05, 0.1) is 12.2 Å². The highest BCUT2D eigenvalue weighted by atomic mass is 16.3. The second-order valence-electron chi connectivity index (χ2n) is 4.90. The number of hydrogen-bond acceptors (Lipinski definition) is 2. The van der Waals surface area contributed by atoms with Gasteiger partial charge in [0.15, 0.2) is 0 Å². The van der Waals surface area contributed by atoms with Crippen LogP contribution in [0.15, 0.2) is 36.9 Å². The average molecular weight is 218 g/mol. The normalized spacial score (nSPS) is 33.2. The molecule has 2 N–H and O–H groups in total. The molecule has 3 atom stereocenters. The van der Waals surface area contributed by atoms with E-state index >= 15 is 0 Å². The molecule has 0 saturated heterocycles. The third kappa shape index (κ3) is 1.68. The number of aliphatic hydroxyl groups excluding tert-OH is 2. The van der Waals surface area contributed by atoms with E-state index in [2.05, 4.69) is 6.58 Å². The quantitative estimate of drug-likeness (QED) is 0.749. The van der Waals surface area contributed by atoms with Gasteiger partial charge in [0.1, 0.15) is 0 Å². The topological polar surface area (TPSA) is 40.5 Å². The highest BCUT2D eigenvalue weighted by Gasteiger charge is 2.41. The highest BCUT2D eigenvalue weighted by Crippen LogP contribution is 2.49. The van der Waals surface area contributed by atoms with Crippen molar-refractivity contribution in [1.29, 1.82) is 0 Å². The van der Waals surface area contributed by atoms with Gasteiger partial charge in [0.25, 0.3) is 0 Å². The summed E-state index contributed by atoms with van der Waals surface area (Å²) in [4.78, 5) is 0. The minimum atomic E-state index is -0.523. The third-order valence-corrected chi connectivity index (χ3v) is 3.58. The Kier molecular flexibility index (Phi) is 2.87. The molecule has 86 valence electrons. The predicted molar refractivity (Wildman–Crippen MR) is 63.9 cm³/mol. The van der Waals surface area contributed by atoms with E-state index in [1.165, 1.54) is 0 Å². The van der Waals surface area contributed by atoms with Crippen molar-refractivity contribution >= 4 is 0 Å². The Balaban J connectivity index is 2.45. The maximum absolute atomic E-state index is 10.4. The van der Waals surface area contributed by atoms with Gasteiger partial charge in [-0.15, -0.1) is 6.58 Å². The zero-order valence-electron chi connectivity index (χ0n) is 9.56. The van der Waals surface area contributed by atoms with E-state index in [1.807, 2.05) is 37.3 Å². The Morgan fingerprint density at radius 2 is 2.00 bits per heavy atom. The molecule has 0 heterocycles. The first-order valence-electron chi connectivity index (χ1n) is 5.64. The fourth-order valence-electron chi connectivity index (χ4n) is 2.63. The Morgan fingerprint density at radius 3 is 2.62 bits per heavy atom. The van der Waals surface area contributed by atoms with Crippen molar-refractivity contribution in [2.24, 2.45) is 5.41 Å². The maximum atomic E-state index is 10.4. The number of hydrogen-bond donors (Lipinski definition) is 2. The molecule has 0 aromatic heterocycles. The van der Waals surface area contributed by atoms with Gasteiger partial charge in [0, 0.05) is 5.41 Å². The van der Waals surface area contributed by atoms with Crippen molar-refractivity contribution in [2.45, 2.75) is 32.0 Å². The van der Waals surface area contributed by atoms with E-state index in [1.54, 1.807) is 0 Å². The molecular formula is C14H18O2. The first kappa shape index (κ1) is 11.4. The molecule has 2 heteroatoms. The van der Waals surface area contributed by atoms with Crippen LogP contribution in [-0.2, 0) is 0 Å². The number of benzene rings is 1. The van der Waals surface area contributed by atoms with Crippen LogP contribution in [0.3, 0.4) is 0 Å². The van der Waals surface area contributed by atoms with E-state index in [-0.39, 0.29) is 5.41 Å². The summed E-state index contributed by atoms with van der Waals surface area (Å²) in [7, 11) is 0. The molecular weight excluding hydrogens is 200 g/mol. The smallest absolute Gasteiger partial charge is 0.0851 e. The predicted octanol–water partition coefficient (Wildman–Crippen LogP) is 2.74. The Bertz CT molecular complexity index is 399. The summed E-state index contributed by atoms with van der Waals surface area (Å²) >= 11 is 0. The standard InChI is InChI=1S/C14H18O2/c1-3-8-14(2)9-12(15)10-6-4-5-7-11(10)13(14)16/h3-7,12-13,15-16H,1,8-9H2,2H3. The molecule has 0 fully saturated rings. The number of allylic oxidation sites excluding steroid dienone is 1. The van der Waals surface area contributed by atoms with Crippen LogP contribution in [0.5, 0.6) is 0 Å². The summed E-state index contributed by atoms with van der Waals surface area (Å²) in [5, 5.41) is 20.5.